The Balaban J connectivity index is 2.21. The number of nitrogens with zero attached hydrogens (tertiary/aromatic N) is 2. The normalized spacial score (nSPS) is 10.7. The van der Waals surface area contributed by atoms with Crippen LogP contribution >= 0.6 is 27.5 Å². The first-order chi connectivity index (χ1) is 9.65. The van der Waals surface area contributed by atoms with Crippen molar-refractivity contribution >= 4 is 33.3 Å². The molecule has 100 valence electrons. The van der Waals surface area contributed by atoms with Gasteiger partial charge in [-0.1, -0.05) is 38.8 Å². The van der Waals surface area contributed by atoms with Gasteiger partial charge in [0.2, 0.25) is 0 Å². The first-order valence-electron chi connectivity index (χ1n) is 5.77. The molecule has 1 aromatic carbocycles. The summed E-state index contributed by atoms with van der Waals surface area (Å²) in [6.45, 7) is 0. The Morgan fingerprint density at radius 1 is 1.20 bits per heavy atom. The molecule has 2 N–H and O–H groups in total. The number of hydrogen-bond acceptors (Lipinski definition) is 4. The summed E-state index contributed by atoms with van der Waals surface area (Å²) in [6, 6.07) is 9.23. The smallest absolute Gasteiger partial charge is 0.177 e. The Kier molecular flexibility index (Phi) is 3.46. The van der Waals surface area contributed by atoms with Crippen LogP contribution < -0.4 is 5.73 Å². The lowest BCUT2D eigenvalue weighted by Crippen LogP contribution is -1.89. The molecule has 0 bridgehead atoms. The van der Waals surface area contributed by atoms with Crippen molar-refractivity contribution < 1.29 is 4.52 Å². The summed E-state index contributed by atoms with van der Waals surface area (Å²) >= 11 is 9.48. The number of pyridine rings is 1. The fourth-order valence-corrected chi connectivity index (χ4v) is 2.83. The highest BCUT2D eigenvalue weighted by Crippen LogP contribution is 2.38. The van der Waals surface area contributed by atoms with Crippen LogP contribution in [0.4, 0.5) is 5.82 Å². The van der Waals surface area contributed by atoms with Crippen molar-refractivity contribution in [1.82, 2.24) is 10.1 Å². The molecule has 0 amide bonds. The van der Waals surface area contributed by atoms with Gasteiger partial charge in [-0.3, -0.25) is 4.98 Å². The first kappa shape index (κ1) is 13.1. The van der Waals surface area contributed by atoms with Gasteiger partial charge in [0.25, 0.3) is 0 Å². The van der Waals surface area contributed by atoms with Gasteiger partial charge in [0, 0.05) is 33.0 Å². The molecule has 0 unspecified atom stereocenters. The topological polar surface area (TPSA) is 64.9 Å². The third-order valence-corrected chi connectivity index (χ3v) is 3.47. The minimum absolute atomic E-state index is 0.323. The second-order valence-electron chi connectivity index (χ2n) is 4.17. The standard InChI is InChI=1S/C14H9BrClN3O/c15-10-4-9(5-11(16)6-10)13-12(14(17)19-20-13)8-2-1-3-18-7-8/h1-7H,(H2,17,19). The fraction of sp³-hybridized carbons (Fsp3) is 0. The van der Waals surface area contributed by atoms with Gasteiger partial charge < -0.3 is 10.3 Å². The summed E-state index contributed by atoms with van der Waals surface area (Å²) in [5.41, 5.74) is 8.27. The van der Waals surface area contributed by atoms with Crippen LogP contribution in [-0.4, -0.2) is 10.1 Å². The van der Waals surface area contributed by atoms with E-state index in [2.05, 4.69) is 26.1 Å². The highest BCUT2D eigenvalue weighted by Gasteiger charge is 2.18. The number of aromatic nitrogens is 2. The number of nitrogen functional groups attached to an aromatic ring is 1. The molecule has 0 fully saturated rings. The average molecular weight is 351 g/mol. The largest absolute Gasteiger partial charge is 0.380 e. The molecule has 0 saturated carbocycles. The quantitative estimate of drug-likeness (QED) is 0.744. The summed E-state index contributed by atoms with van der Waals surface area (Å²) in [4.78, 5) is 4.09. The van der Waals surface area contributed by atoms with Gasteiger partial charge in [-0.25, -0.2) is 0 Å². The maximum Gasteiger partial charge on any atom is 0.177 e. The van der Waals surface area contributed by atoms with Crippen molar-refractivity contribution in [3.8, 4) is 22.5 Å². The molecule has 0 aliphatic heterocycles. The molecule has 0 radical (unpaired) electrons. The Hall–Kier alpha value is -1.85. The molecule has 3 rings (SSSR count). The number of anilines is 1. The maximum absolute atomic E-state index is 6.07. The zero-order valence-electron chi connectivity index (χ0n) is 10.2. The lowest BCUT2D eigenvalue weighted by Gasteiger charge is -2.03. The molecule has 0 atom stereocenters. The van der Waals surface area contributed by atoms with Crippen LogP contribution in [0.3, 0.4) is 0 Å². The van der Waals surface area contributed by atoms with Crippen LogP contribution in [0.2, 0.25) is 5.02 Å². The van der Waals surface area contributed by atoms with Gasteiger partial charge in [0.1, 0.15) is 0 Å². The zero-order valence-corrected chi connectivity index (χ0v) is 12.5. The molecule has 4 nitrogen and oxygen atoms in total. The zero-order chi connectivity index (χ0) is 14.1. The summed E-state index contributed by atoms with van der Waals surface area (Å²) in [7, 11) is 0. The molecule has 2 aromatic heterocycles. The van der Waals surface area contributed by atoms with Crippen LogP contribution in [-0.2, 0) is 0 Å². The monoisotopic (exact) mass is 349 g/mol. The van der Waals surface area contributed by atoms with Gasteiger partial charge in [0.05, 0.1) is 5.56 Å². The Labute approximate surface area is 128 Å². The molecule has 6 heteroatoms. The number of rotatable bonds is 2. The van der Waals surface area contributed by atoms with Gasteiger partial charge in [0.15, 0.2) is 11.6 Å². The van der Waals surface area contributed by atoms with E-state index in [1.807, 2.05) is 18.2 Å². The number of nitrogens with two attached hydrogens (primary N) is 1. The van der Waals surface area contributed by atoms with E-state index in [9.17, 15) is 0 Å². The van der Waals surface area contributed by atoms with Crippen molar-refractivity contribution in [2.24, 2.45) is 0 Å². The van der Waals surface area contributed by atoms with E-state index in [0.29, 0.717) is 22.2 Å². The van der Waals surface area contributed by atoms with Crippen LogP contribution in [0.1, 0.15) is 0 Å². The highest BCUT2D eigenvalue weighted by atomic mass is 79.9. The third kappa shape index (κ3) is 2.42. The van der Waals surface area contributed by atoms with E-state index < -0.39 is 0 Å². The van der Waals surface area contributed by atoms with Crippen molar-refractivity contribution in [1.29, 1.82) is 0 Å². The predicted octanol–water partition coefficient (Wildman–Crippen LogP) is 4.40. The number of halogens is 2. The average Bonchev–Trinajstić information content (AvgIpc) is 2.80. The van der Waals surface area contributed by atoms with Crippen molar-refractivity contribution in [2.75, 3.05) is 5.73 Å². The van der Waals surface area contributed by atoms with E-state index >= 15 is 0 Å². The summed E-state index contributed by atoms with van der Waals surface area (Å²) < 4.78 is 6.22. The van der Waals surface area contributed by atoms with Gasteiger partial charge in [-0.2, -0.15) is 0 Å². The van der Waals surface area contributed by atoms with E-state index in [-0.39, 0.29) is 0 Å². The van der Waals surface area contributed by atoms with Crippen LogP contribution in [0, 0.1) is 0 Å². The lowest BCUT2D eigenvalue weighted by molar-refractivity contribution is 0.436. The Morgan fingerprint density at radius 3 is 2.75 bits per heavy atom. The van der Waals surface area contributed by atoms with Gasteiger partial charge in [-0.15, -0.1) is 0 Å². The minimum Gasteiger partial charge on any atom is -0.380 e. The summed E-state index contributed by atoms with van der Waals surface area (Å²) in [5, 5.41) is 4.44. The lowest BCUT2D eigenvalue weighted by atomic mass is 10.0. The Bertz CT molecular complexity index is 738. The molecule has 0 saturated heterocycles. The molecule has 2 heterocycles. The van der Waals surface area contributed by atoms with Crippen LogP contribution in [0.5, 0.6) is 0 Å². The Morgan fingerprint density at radius 2 is 2.05 bits per heavy atom. The van der Waals surface area contributed by atoms with E-state index in [1.54, 1.807) is 24.5 Å². The minimum atomic E-state index is 0.323. The summed E-state index contributed by atoms with van der Waals surface area (Å²) in [5.74, 6) is 0.891. The van der Waals surface area contributed by atoms with E-state index in [4.69, 9.17) is 21.9 Å². The molecular weight excluding hydrogens is 342 g/mol. The molecule has 0 spiro atoms. The second-order valence-corrected chi connectivity index (χ2v) is 5.52. The molecular formula is C14H9BrClN3O. The van der Waals surface area contributed by atoms with Crippen LogP contribution in [0.25, 0.3) is 22.5 Å². The van der Waals surface area contributed by atoms with Crippen molar-refractivity contribution in [2.45, 2.75) is 0 Å². The SMILES string of the molecule is Nc1noc(-c2cc(Cl)cc(Br)c2)c1-c1cccnc1. The predicted molar refractivity (Wildman–Crippen MR) is 82.3 cm³/mol. The van der Waals surface area contributed by atoms with Crippen molar-refractivity contribution in [3.63, 3.8) is 0 Å². The second kappa shape index (κ2) is 5.26. The first-order valence-corrected chi connectivity index (χ1v) is 6.94. The number of benzene rings is 1. The molecule has 0 aliphatic rings. The molecule has 20 heavy (non-hydrogen) atoms. The molecule has 3 aromatic rings. The van der Waals surface area contributed by atoms with Crippen LogP contribution in [0.15, 0.2) is 51.7 Å². The van der Waals surface area contributed by atoms with Gasteiger partial charge in [-0.05, 0) is 24.3 Å². The maximum atomic E-state index is 6.07. The fourth-order valence-electron chi connectivity index (χ4n) is 1.97. The highest BCUT2D eigenvalue weighted by molar-refractivity contribution is 9.10. The number of hydrogen-bond donors (Lipinski definition) is 1. The van der Waals surface area contributed by atoms with Gasteiger partial charge >= 0.3 is 0 Å². The van der Waals surface area contributed by atoms with E-state index in [1.165, 1.54) is 0 Å². The summed E-state index contributed by atoms with van der Waals surface area (Å²) in [6.07, 6.45) is 3.41. The van der Waals surface area contributed by atoms with E-state index in [0.717, 1.165) is 15.6 Å². The van der Waals surface area contributed by atoms with Crippen molar-refractivity contribution in [3.05, 3.63) is 52.2 Å². The third-order valence-electron chi connectivity index (χ3n) is 2.79. The molecule has 0 aliphatic carbocycles.